The molecule has 0 radical (unpaired) electrons. The Bertz CT molecular complexity index is 507. The van der Waals surface area contributed by atoms with E-state index in [-0.39, 0.29) is 11.9 Å². The van der Waals surface area contributed by atoms with E-state index in [1.807, 2.05) is 48.0 Å². The highest BCUT2D eigenvalue weighted by molar-refractivity contribution is 7.07. The molecular formula is C14H14ClNOS. The molecule has 1 heterocycles. The van der Waals surface area contributed by atoms with Gasteiger partial charge in [0.1, 0.15) is 0 Å². The molecule has 1 amide bonds. The fraction of sp³-hybridized carbons (Fsp3) is 0.214. The van der Waals surface area contributed by atoms with E-state index in [9.17, 15) is 4.79 Å². The predicted molar refractivity (Wildman–Crippen MR) is 76.0 cm³/mol. The molecule has 1 N–H and O–H groups in total. The maximum absolute atomic E-state index is 11.8. The molecule has 0 aliphatic heterocycles. The van der Waals surface area contributed by atoms with Gasteiger partial charge in [0.05, 0.1) is 12.5 Å². The van der Waals surface area contributed by atoms with Gasteiger partial charge in [-0.05, 0) is 47.0 Å². The SMILES string of the molecule is C[C@@H](NC(=O)Cc1ccsc1)c1ccc(Cl)cc1. The van der Waals surface area contributed by atoms with Crippen molar-refractivity contribution in [1.29, 1.82) is 0 Å². The fourth-order valence-electron chi connectivity index (χ4n) is 1.71. The van der Waals surface area contributed by atoms with Gasteiger partial charge in [0.25, 0.3) is 0 Å². The number of carbonyl (C=O) groups is 1. The minimum atomic E-state index is -0.00611. The number of hydrogen-bond donors (Lipinski definition) is 1. The summed E-state index contributed by atoms with van der Waals surface area (Å²) in [5, 5.41) is 7.65. The van der Waals surface area contributed by atoms with E-state index >= 15 is 0 Å². The quantitative estimate of drug-likeness (QED) is 0.906. The van der Waals surface area contributed by atoms with Crippen LogP contribution < -0.4 is 5.32 Å². The maximum atomic E-state index is 11.8. The molecule has 0 aliphatic carbocycles. The summed E-state index contributed by atoms with van der Waals surface area (Å²) in [5.74, 6) is 0.0378. The van der Waals surface area contributed by atoms with Gasteiger partial charge in [0.15, 0.2) is 0 Å². The summed E-state index contributed by atoms with van der Waals surface area (Å²) in [5.41, 5.74) is 2.11. The van der Waals surface area contributed by atoms with Crippen LogP contribution in [0, 0.1) is 0 Å². The fourth-order valence-corrected chi connectivity index (χ4v) is 2.50. The smallest absolute Gasteiger partial charge is 0.224 e. The van der Waals surface area contributed by atoms with Gasteiger partial charge in [-0.15, -0.1) is 0 Å². The normalized spacial score (nSPS) is 12.1. The molecule has 94 valence electrons. The topological polar surface area (TPSA) is 29.1 Å². The first kappa shape index (κ1) is 13.1. The molecule has 0 spiro atoms. The number of benzene rings is 1. The summed E-state index contributed by atoms with van der Waals surface area (Å²) in [6.07, 6.45) is 0.432. The van der Waals surface area contributed by atoms with Crippen LogP contribution in [-0.2, 0) is 11.2 Å². The molecule has 2 rings (SSSR count). The van der Waals surface area contributed by atoms with Crippen LogP contribution in [0.15, 0.2) is 41.1 Å². The monoisotopic (exact) mass is 279 g/mol. The number of hydrogen-bond acceptors (Lipinski definition) is 2. The number of amides is 1. The van der Waals surface area contributed by atoms with E-state index in [2.05, 4.69) is 5.32 Å². The Morgan fingerprint density at radius 1 is 1.33 bits per heavy atom. The highest BCUT2D eigenvalue weighted by Crippen LogP contribution is 2.16. The van der Waals surface area contributed by atoms with Crippen molar-refractivity contribution in [2.75, 3.05) is 0 Å². The lowest BCUT2D eigenvalue weighted by molar-refractivity contribution is -0.121. The Morgan fingerprint density at radius 3 is 2.67 bits per heavy atom. The minimum absolute atomic E-state index is 0.00611. The Morgan fingerprint density at radius 2 is 2.06 bits per heavy atom. The predicted octanol–water partition coefficient (Wildman–Crippen LogP) is 3.82. The van der Waals surface area contributed by atoms with E-state index in [0.29, 0.717) is 11.4 Å². The van der Waals surface area contributed by atoms with Crippen LogP contribution in [0.3, 0.4) is 0 Å². The molecular weight excluding hydrogens is 266 g/mol. The molecule has 0 saturated carbocycles. The van der Waals surface area contributed by atoms with Crippen molar-refractivity contribution in [2.24, 2.45) is 0 Å². The Kier molecular flexibility index (Phi) is 4.39. The largest absolute Gasteiger partial charge is 0.349 e. The maximum Gasteiger partial charge on any atom is 0.224 e. The Labute approximate surface area is 116 Å². The lowest BCUT2D eigenvalue weighted by Crippen LogP contribution is -2.27. The lowest BCUT2D eigenvalue weighted by atomic mass is 10.1. The third-order valence-electron chi connectivity index (χ3n) is 2.69. The molecule has 4 heteroatoms. The Hall–Kier alpha value is -1.32. The molecule has 0 aliphatic rings. The van der Waals surface area contributed by atoms with Crippen LogP contribution in [-0.4, -0.2) is 5.91 Å². The van der Waals surface area contributed by atoms with Crippen LogP contribution in [0.25, 0.3) is 0 Å². The summed E-state index contributed by atoms with van der Waals surface area (Å²) in [4.78, 5) is 11.8. The number of carbonyl (C=O) groups excluding carboxylic acids is 1. The van der Waals surface area contributed by atoms with Crippen LogP contribution >= 0.6 is 22.9 Å². The summed E-state index contributed by atoms with van der Waals surface area (Å²) < 4.78 is 0. The third-order valence-corrected chi connectivity index (χ3v) is 3.68. The van der Waals surface area contributed by atoms with Gasteiger partial charge in [-0.3, -0.25) is 4.79 Å². The van der Waals surface area contributed by atoms with E-state index in [1.54, 1.807) is 11.3 Å². The second-order valence-corrected chi connectivity index (χ2v) is 5.37. The number of thiophene rings is 1. The molecule has 1 aromatic carbocycles. The lowest BCUT2D eigenvalue weighted by Gasteiger charge is -2.14. The highest BCUT2D eigenvalue weighted by Gasteiger charge is 2.10. The van der Waals surface area contributed by atoms with Crippen molar-refractivity contribution in [3.05, 3.63) is 57.2 Å². The van der Waals surface area contributed by atoms with Crippen molar-refractivity contribution >= 4 is 28.8 Å². The van der Waals surface area contributed by atoms with Gasteiger partial charge in [-0.2, -0.15) is 11.3 Å². The first-order valence-electron chi connectivity index (χ1n) is 5.71. The molecule has 0 bridgehead atoms. The van der Waals surface area contributed by atoms with Crippen molar-refractivity contribution in [1.82, 2.24) is 5.32 Å². The highest BCUT2D eigenvalue weighted by atomic mass is 35.5. The first-order chi connectivity index (χ1) is 8.65. The molecule has 0 unspecified atom stereocenters. The van der Waals surface area contributed by atoms with Crippen LogP contribution in [0.2, 0.25) is 5.02 Å². The summed E-state index contributed by atoms with van der Waals surface area (Å²) in [6, 6.07) is 9.48. The second kappa shape index (κ2) is 6.03. The van der Waals surface area contributed by atoms with Gasteiger partial charge in [0.2, 0.25) is 5.91 Å². The van der Waals surface area contributed by atoms with E-state index in [0.717, 1.165) is 11.1 Å². The molecule has 2 nitrogen and oxygen atoms in total. The van der Waals surface area contributed by atoms with Gasteiger partial charge in [-0.25, -0.2) is 0 Å². The van der Waals surface area contributed by atoms with E-state index in [1.165, 1.54) is 0 Å². The van der Waals surface area contributed by atoms with Crippen LogP contribution in [0.1, 0.15) is 24.1 Å². The Balaban J connectivity index is 1.92. The van der Waals surface area contributed by atoms with Gasteiger partial charge >= 0.3 is 0 Å². The van der Waals surface area contributed by atoms with E-state index in [4.69, 9.17) is 11.6 Å². The number of halogens is 1. The molecule has 0 fully saturated rings. The van der Waals surface area contributed by atoms with Crippen LogP contribution in [0.4, 0.5) is 0 Å². The molecule has 0 saturated heterocycles. The van der Waals surface area contributed by atoms with E-state index < -0.39 is 0 Å². The van der Waals surface area contributed by atoms with Crippen molar-refractivity contribution in [2.45, 2.75) is 19.4 Å². The number of rotatable bonds is 4. The average Bonchev–Trinajstić information content (AvgIpc) is 2.82. The van der Waals surface area contributed by atoms with Crippen LogP contribution in [0.5, 0.6) is 0 Å². The minimum Gasteiger partial charge on any atom is -0.349 e. The zero-order chi connectivity index (χ0) is 13.0. The molecule has 1 aromatic heterocycles. The summed E-state index contributed by atoms with van der Waals surface area (Å²) >= 11 is 7.43. The van der Waals surface area contributed by atoms with Crippen molar-refractivity contribution in [3.63, 3.8) is 0 Å². The molecule has 1 atom stereocenters. The van der Waals surface area contributed by atoms with Gasteiger partial charge < -0.3 is 5.32 Å². The summed E-state index contributed by atoms with van der Waals surface area (Å²) in [6.45, 7) is 1.97. The van der Waals surface area contributed by atoms with Crippen molar-refractivity contribution in [3.8, 4) is 0 Å². The zero-order valence-electron chi connectivity index (χ0n) is 10.0. The molecule has 2 aromatic rings. The third kappa shape index (κ3) is 3.59. The summed E-state index contributed by atoms with van der Waals surface area (Å²) in [7, 11) is 0. The van der Waals surface area contributed by atoms with Gasteiger partial charge in [0, 0.05) is 5.02 Å². The zero-order valence-corrected chi connectivity index (χ0v) is 11.6. The second-order valence-electron chi connectivity index (χ2n) is 4.15. The van der Waals surface area contributed by atoms with Gasteiger partial charge in [-0.1, -0.05) is 23.7 Å². The van der Waals surface area contributed by atoms with Crippen molar-refractivity contribution < 1.29 is 4.79 Å². The standard InChI is InChI=1S/C14H14ClNOS/c1-10(12-2-4-13(15)5-3-12)16-14(17)8-11-6-7-18-9-11/h2-7,9-10H,8H2,1H3,(H,16,17)/t10-/m1/s1. The molecule has 18 heavy (non-hydrogen) atoms. The first-order valence-corrected chi connectivity index (χ1v) is 7.03. The number of nitrogens with one attached hydrogen (secondary N) is 1. The average molecular weight is 280 g/mol.